The second-order valence-corrected chi connectivity index (χ2v) is 9.82. The van der Waals surface area contributed by atoms with Gasteiger partial charge in [-0.25, -0.2) is 14.2 Å². The Balaban J connectivity index is 1.51. The molecular weight excluding hydrogens is 508 g/mol. The number of carbonyl (C=O) groups excluding carboxylic acids is 2. The summed E-state index contributed by atoms with van der Waals surface area (Å²) in [6.45, 7) is 0. The van der Waals surface area contributed by atoms with E-state index in [1.807, 2.05) is 0 Å². The van der Waals surface area contributed by atoms with Gasteiger partial charge in [0.05, 0.1) is 0 Å². The molecule has 1 fully saturated rings. The molecule has 0 unspecified atom stereocenters. The van der Waals surface area contributed by atoms with Crippen molar-refractivity contribution >= 4 is 58.4 Å². The standard InChI is InChI=1S/C16H18N10O5S3/c1-24-16(20-22-23-24)34-4-6-3-32-13-9(12(28)25(13)10(6)14(29)30)19-11(27)8(21-31-2)7-5-33-15(17)26(7)18/h5,9,13,17H,3-4,18H2,1-2H3,(H,19,27)(H,29,30)/t9-,13+/m1/s1. The highest BCUT2D eigenvalue weighted by molar-refractivity contribution is 8.01. The van der Waals surface area contributed by atoms with Gasteiger partial charge in [-0.2, -0.15) is 0 Å². The molecule has 2 aromatic rings. The van der Waals surface area contributed by atoms with E-state index in [0.717, 1.165) is 16.0 Å². The fourth-order valence-corrected chi connectivity index (χ4v) is 6.29. The van der Waals surface area contributed by atoms with Crippen molar-refractivity contribution in [1.29, 1.82) is 5.41 Å². The summed E-state index contributed by atoms with van der Waals surface area (Å²) < 4.78 is 2.43. The van der Waals surface area contributed by atoms with Gasteiger partial charge in [-0.3, -0.25) is 19.9 Å². The van der Waals surface area contributed by atoms with Gasteiger partial charge < -0.3 is 21.1 Å². The number of oxime groups is 1. The molecule has 4 rings (SSSR count). The number of carboxylic acids is 1. The number of hydrogen-bond donors (Lipinski definition) is 4. The molecule has 0 bridgehead atoms. The van der Waals surface area contributed by atoms with E-state index in [1.54, 1.807) is 7.05 Å². The number of nitrogens with zero attached hydrogens (tertiary/aromatic N) is 7. The highest BCUT2D eigenvalue weighted by Gasteiger charge is 2.54. The molecule has 18 heteroatoms. The molecule has 180 valence electrons. The fraction of sp³-hybridized carbons (Fsp3) is 0.375. The maximum absolute atomic E-state index is 12.9. The van der Waals surface area contributed by atoms with Gasteiger partial charge in [-0.05, 0) is 16.0 Å². The molecule has 1 saturated heterocycles. The number of rotatable bonds is 8. The Bertz CT molecular complexity index is 1280. The number of nitrogens with one attached hydrogen (secondary N) is 2. The van der Waals surface area contributed by atoms with Crippen LogP contribution in [0.25, 0.3) is 0 Å². The Labute approximate surface area is 203 Å². The lowest BCUT2D eigenvalue weighted by Crippen LogP contribution is -2.71. The summed E-state index contributed by atoms with van der Waals surface area (Å²) >= 11 is 3.58. The Morgan fingerprint density at radius 3 is 2.85 bits per heavy atom. The van der Waals surface area contributed by atoms with E-state index in [0.29, 0.717) is 16.5 Å². The summed E-state index contributed by atoms with van der Waals surface area (Å²) in [5, 5.41) is 36.3. The van der Waals surface area contributed by atoms with Crippen LogP contribution in [0.4, 0.5) is 0 Å². The number of nitrogens with two attached hydrogens (primary N) is 1. The fourth-order valence-electron chi connectivity index (χ4n) is 3.30. The van der Waals surface area contributed by atoms with Gasteiger partial charge in [0.1, 0.15) is 29.9 Å². The zero-order chi connectivity index (χ0) is 24.6. The van der Waals surface area contributed by atoms with Crippen LogP contribution in [0, 0.1) is 5.41 Å². The molecule has 5 N–H and O–H groups in total. The number of carboxylic acid groups (broad SMARTS) is 1. The lowest BCUT2D eigenvalue weighted by atomic mass is 10.0. The van der Waals surface area contributed by atoms with Crippen LogP contribution in [0.15, 0.2) is 27.0 Å². The molecule has 0 aromatic carbocycles. The van der Waals surface area contributed by atoms with E-state index in [1.165, 1.54) is 45.6 Å². The summed E-state index contributed by atoms with van der Waals surface area (Å²) in [6.07, 6.45) is 0. The SMILES string of the molecule is CON=C(C(=O)N[C@@H]1C(=O)N2C(C(=O)O)=C(CSc3nnnn3C)CS[C@@H]12)c1csc(=N)n1N. The predicted molar refractivity (Wildman–Crippen MR) is 121 cm³/mol. The van der Waals surface area contributed by atoms with Crippen molar-refractivity contribution in [3.8, 4) is 0 Å². The minimum Gasteiger partial charge on any atom is -0.477 e. The van der Waals surface area contributed by atoms with Gasteiger partial charge in [0.15, 0.2) is 5.71 Å². The van der Waals surface area contributed by atoms with Crippen LogP contribution in [0.5, 0.6) is 0 Å². The van der Waals surface area contributed by atoms with Crippen molar-refractivity contribution in [3.63, 3.8) is 0 Å². The maximum atomic E-state index is 12.9. The number of carbonyl (C=O) groups is 3. The average Bonchev–Trinajstić information content (AvgIpc) is 3.37. The van der Waals surface area contributed by atoms with Crippen molar-refractivity contribution in [2.45, 2.75) is 16.6 Å². The normalized spacial score (nSPS) is 20.1. The number of amides is 2. The monoisotopic (exact) mass is 526 g/mol. The summed E-state index contributed by atoms with van der Waals surface area (Å²) in [5.74, 6) is 3.87. The van der Waals surface area contributed by atoms with Crippen LogP contribution >= 0.6 is 34.9 Å². The molecule has 2 aromatic heterocycles. The van der Waals surface area contributed by atoms with E-state index in [2.05, 4.69) is 26.0 Å². The third-order valence-electron chi connectivity index (χ3n) is 4.89. The lowest BCUT2D eigenvalue weighted by Gasteiger charge is -2.49. The minimum atomic E-state index is -1.23. The van der Waals surface area contributed by atoms with Crippen molar-refractivity contribution < 1.29 is 24.3 Å². The predicted octanol–water partition coefficient (Wildman–Crippen LogP) is -1.85. The number of nitrogen functional groups attached to an aromatic ring is 1. The summed E-state index contributed by atoms with van der Waals surface area (Å²) in [7, 11) is 2.91. The molecule has 2 aliphatic heterocycles. The summed E-state index contributed by atoms with van der Waals surface area (Å²) in [6, 6.07) is -0.966. The van der Waals surface area contributed by atoms with Crippen molar-refractivity contribution in [1.82, 2.24) is 35.1 Å². The Kier molecular flexibility index (Phi) is 6.62. The molecule has 2 amide bonds. The number of aromatic nitrogens is 5. The van der Waals surface area contributed by atoms with Gasteiger partial charge in [-0.1, -0.05) is 16.9 Å². The molecule has 15 nitrogen and oxygen atoms in total. The third kappa shape index (κ3) is 4.14. The molecule has 0 spiro atoms. The van der Waals surface area contributed by atoms with E-state index in [4.69, 9.17) is 16.1 Å². The van der Waals surface area contributed by atoms with Gasteiger partial charge >= 0.3 is 5.97 Å². The number of aryl methyl sites for hydroxylation is 1. The minimum absolute atomic E-state index is 0.0147. The average molecular weight is 527 g/mol. The van der Waals surface area contributed by atoms with E-state index >= 15 is 0 Å². The zero-order valence-corrected chi connectivity index (χ0v) is 20.1. The Morgan fingerprint density at radius 1 is 1.50 bits per heavy atom. The quantitative estimate of drug-likeness (QED) is 0.0986. The summed E-state index contributed by atoms with van der Waals surface area (Å²) in [4.78, 5) is 43.7. The number of hydrogen-bond acceptors (Lipinski definition) is 13. The van der Waals surface area contributed by atoms with Gasteiger partial charge in [0, 0.05) is 23.9 Å². The molecular formula is C16H18N10O5S3. The number of β-lactam (4-membered cyclic amide) rings is 1. The number of thioether (sulfide) groups is 2. The highest BCUT2D eigenvalue weighted by Crippen LogP contribution is 2.41. The number of fused-ring (bicyclic) bond motifs is 1. The van der Waals surface area contributed by atoms with Gasteiger partial charge in [-0.15, -0.1) is 28.2 Å². The first-order valence-electron chi connectivity index (χ1n) is 9.42. The first-order valence-corrected chi connectivity index (χ1v) is 12.3. The van der Waals surface area contributed by atoms with Crippen molar-refractivity contribution in [2.24, 2.45) is 12.2 Å². The largest absolute Gasteiger partial charge is 0.477 e. The summed E-state index contributed by atoms with van der Waals surface area (Å²) in [5.41, 5.74) is 0.365. The number of thiazole rings is 1. The van der Waals surface area contributed by atoms with Crippen LogP contribution < -0.4 is 16.0 Å². The van der Waals surface area contributed by atoms with Crippen molar-refractivity contribution in [3.05, 3.63) is 27.1 Å². The van der Waals surface area contributed by atoms with Gasteiger partial charge in [0.25, 0.3) is 11.8 Å². The molecule has 0 aliphatic carbocycles. The Morgan fingerprint density at radius 2 is 2.26 bits per heavy atom. The van der Waals surface area contributed by atoms with E-state index in [-0.39, 0.29) is 27.7 Å². The van der Waals surface area contributed by atoms with Crippen LogP contribution in [0.1, 0.15) is 5.69 Å². The second-order valence-electron chi connectivity index (χ2n) is 6.91. The first kappa shape index (κ1) is 23.8. The highest BCUT2D eigenvalue weighted by atomic mass is 32.2. The van der Waals surface area contributed by atoms with Crippen LogP contribution in [0.3, 0.4) is 0 Å². The molecule has 4 heterocycles. The Hall–Kier alpha value is -3.38. The topological polar surface area (TPSA) is 207 Å². The molecule has 0 saturated carbocycles. The maximum Gasteiger partial charge on any atom is 0.352 e. The molecule has 0 radical (unpaired) electrons. The van der Waals surface area contributed by atoms with E-state index in [9.17, 15) is 19.5 Å². The first-order chi connectivity index (χ1) is 16.2. The zero-order valence-electron chi connectivity index (χ0n) is 17.7. The number of aliphatic carboxylic acids is 1. The smallest absolute Gasteiger partial charge is 0.352 e. The third-order valence-corrected chi connectivity index (χ3v) is 8.09. The molecule has 34 heavy (non-hydrogen) atoms. The number of tetrazole rings is 1. The van der Waals surface area contributed by atoms with E-state index < -0.39 is 29.2 Å². The molecule has 2 aliphatic rings. The van der Waals surface area contributed by atoms with Crippen LogP contribution in [0.2, 0.25) is 0 Å². The molecule has 2 atom stereocenters. The van der Waals surface area contributed by atoms with Gasteiger partial charge in [0.2, 0.25) is 9.96 Å². The lowest BCUT2D eigenvalue weighted by molar-refractivity contribution is -0.150. The second kappa shape index (κ2) is 9.47. The van der Waals surface area contributed by atoms with Crippen LogP contribution in [-0.2, 0) is 26.3 Å². The van der Waals surface area contributed by atoms with Crippen molar-refractivity contribution in [2.75, 3.05) is 24.5 Å². The van der Waals surface area contributed by atoms with Crippen LogP contribution in [-0.4, -0.2) is 88.4 Å².